The Kier molecular flexibility index (Phi) is 2.64. The van der Waals surface area contributed by atoms with Gasteiger partial charge in [0.25, 0.3) is 0 Å². The van der Waals surface area contributed by atoms with Gasteiger partial charge >= 0.3 is 0 Å². The molecule has 1 N–H and O–H groups in total. The number of nitrogens with zero attached hydrogens (tertiary/aromatic N) is 2. The van der Waals surface area contributed by atoms with E-state index in [1.54, 1.807) is 0 Å². The molecule has 3 nitrogen and oxygen atoms in total. The van der Waals surface area contributed by atoms with E-state index in [0.717, 1.165) is 25.3 Å². The Morgan fingerprint density at radius 2 is 2.06 bits per heavy atom. The molecule has 0 spiro atoms. The van der Waals surface area contributed by atoms with Crippen molar-refractivity contribution in [1.29, 1.82) is 0 Å². The van der Waals surface area contributed by atoms with E-state index < -0.39 is 0 Å². The Balaban J connectivity index is 1.97. The van der Waals surface area contributed by atoms with Crippen molar-refractivity contribution in [2.24, 2.45) is 0 Å². The van der Waals surface area contributed by atoms with E-state index in [0.29, 0.717) is 5.92 Å². The van der Waals surface area contributed by atoms with Crippen LogP contribution in [0.15, 0.2) is 0 Å². The number of rotatable bonds is 1. The van der Waals surface area contributed by atoms with E-state index in [-0.39, 0.29) is 0 Å². The molecule has 1 fully saturated rings. The quantitative estimate of drug-likeness (QED) is 0.778. The zero-order valence-corrected chi connectivity index (χ0v) is 9.92. The lowest BCUT2D eigenvalue weighted by atomic mass is 9.94. The van der Waals surface area contributed by atoms with Crippen LogP contribution < -0.4 is 5.32 Å². The summed E-state index contributed by atoms with van der Waals surface area (Å²) in [5.74, 6) is 1.63. The number of hydrogen-bond acceptors (Lipinski definition) is 3. The molecule has 0 saturated carbocycles. The van der Waals surface area contributed by atoms with E-state index in [9.17, 15) is 0 Å². The van der Waals surface area contributed by atoms with Gasteiger partial charge in [0.2, 0.25) is 0 Å². The van der Waals surface area contributed by atoms with Gasteiger partial charge in [0.05, 0.1) is 0 Å². The van der Waals surface area contributed by atoms with Crippen LogP contribution in [-0.4, -0.2) is 23.1 Å². The van der Waals surface area contributed by atoms with Crippen molar-refractivity contribution >= 4 is 0 Å². The molecular formula is C13H19N3. The maximum Gasteiger partial charge on any atom is 0.133 e. The summed E-state index contributed by atoms with van der Waals surface area (Å²) in [4.78, 5) is 9.52. The third-order valence-electron chi connectivity index (χ3n) is 3.83. The number of hydrogen-bond donors (Lipinski definition) is 1. The zero-order chi connectivity index (χ0) is 11.0. The van der Waals surface area contributed by atoms with Gasteiger partial charge in [-0.1, -0.05) is 0 Å². The smallest absolute Gasteiger partial charge is 0.133 e. The molecule has 1 aliphatic heterocycles. The van der Waals surface area contributed by atoms with Crippen molar-refractivity contribution < 1.29 is 0 Å². The van der Waals surface area contributed by atoms with Crippen LogP contribution >= 0.6 is 0 Å². The van der Waals surface area contributed by atoms with Gasteiger partial charge in [0, 0.05) is 23.9 Å². The minimum Gasteiger partial charge on any atom is -0.316 e. The normalized spacial score (nSPS) is 24.4. The molecule has 0 radical (unpaired) electrons. The first-order valence-electron chi connectivity index (χ1n) is 6.41. The number of nitrogens with one attached hydrogen (secondary N) is 1. The summed E-state index contributed by atoms with van der Waals surface area (Å²) in [5, 5.41) is 3.39. The molecule has 1 saturated heterocycles. The summed E-state index contributed by atoms with van der Waals surface area (Å²) >= 11 is 0. The molecule has 1 aromatic heterocycles. The predicted octanol–water partition coefficient (Wildman–Crippen LogP) is 1.74. The van der Waals surface area contributed by atoms with Crippen LogP contribution in [0.4, 0.5) is 0 Å². The van der Waals surface area contributed by atoms with E-state index in [1.807, 2.05) is 0 Å². The van der Waals surface area contributed by atoms with Crippen LogP contribution in [0.2, 0.25) is 0 Å². The lowest BCUT2D eigenvalue weighted by Crippen LogP contribution is -2.16. The van der Waals surface area contributed by atoms with Crippen molar-refractivity contribution in [3.63, 3.8) is 0 Å². The SMILES string of the molecule is Cc1nc(C2CCNC2)nc2c1CCCC2. The molecule has 0 bridgehead atoms. The summed E-state index contributed by atoms with van der Waals surface area (Å²) in [5.41, 5.74) is 3.99. The van der Waals surface area contributed by atoms with Gasteiger partial charge in [0.15, 0.2) is 0 Å². The first kappa shape index (κ1) is 10.2. The van der Waals surface area contributed by atoms with Gasteiger partial charge in [-0.3, -0.25) is 0 Å². The lowest BCUT2D eigenvalue weighted by molar-refractivity contribution is 0.624. The Labute approximate surface area is 96.7 Å². The van der Waals surface area contributed by atoms with E-state index in [4.69, 9.17) is 9.97 Å². The standard InChI is InChI=1S/C13H19N3/c1-9-11-4-2-3-5-12(11)16-13(15-9)10-6-7-14-8-10/h10,14H,2-8H2,1H3. The van der Waals surface area contributed by atoms with E-state index >= 15 is 0 Å². The Hall–Kier alpha value is -0.960. The predicted molar refractivity (Wildman–Crippen MR) is 63.6 cm³/mol. The lowest BCUT2D eigenvalue weighted by Gasteiger charge is -2.19. The molecule has 1 aliphatic carbocycles. The van der Waals surface area contributed by atoms with Gasteiger partial charge in [-0.25, -0.2) is 9.97 Å². The number of aryl methyl sites for hydroxylation is 2. The maximum atomic E-state index is 4.80. The average Bonchev–Trinajstić information content (AvgIpc) is 2.82. The Morgan fingerprint density at radius 1 is 1.19 bits per heavy atom. The van der Waals surface area contributed by atoms with E-state index in [1.165, 1.54) is 42.6 Å². The van der Waals surface area contributed by atoms with Crippen LogP contribution in [0.1, 0.15) is 48.0 Å². The van der Waals surface area contributed by atoms with Crippen LogP contribution in [-0.2, 0) is 12.8 Å². The summed E-state index contributed by atoms with van der Waals surface area (Å²) in [6.07, 6.45) is 6.14. The molecule has 0 amide bonds. The van der Waals surface area contributed by atoms with Crippen molar-refractivity contribution in [1.82, 2.24) is 15.3 Å². The highest BCUT2D eigenvalue weighted by Gasteiger charge is 2.22. The molecular weight excluding hydrogens is 198 g/mol. The molecule has 2 aliphatic rings. The molecule has 3 rings (SSSR count). The summed E-state index contributed by atoms with van der Waals surface area (Å²) in [6.45, 7) is 4.32. The first-order chi connectivity index (χ1) is 7.84. The fourth-order valence-corrected chi connectivity index (χ4v) is 2.86. The first-order valence-corrected chi connectivity index (χ1v) is 6.41. The summed E-state index contributed by atoms with van der Waals surface area (Å²) in [6, 6.07) is 0. The van der Waals surface area contributed by atoms with Crippen LogP contribution in [0.25, 0.3) is 0 Å². The van der Waals surface area contributed by atoms with Crippen LogP contribution in [0, 0.1) is 6.92 Å². The molecule has 2 heterocycles. The van der Waals surface area contributed by atoms with Gasteiger partial charge in [-0.05, 0) is 51.1 Å². The third kappa shape index (κ3) is 1.73. The largest absolute Gasteiger partial charge is 0.316 e. The molecule has 1 unspecified atom stereocenters. The van der Waals surface area contributed by atoms with Gasteiger partial charge in [-0.2, -0.15) is 0 Å². The van der Waals surface area contributed by atoms with Gasteiger partial charge < -0.3 is 5.32 Å². The Morgan fingerprint density at radius 3 is 2.88 bits per heavy atom. The second-order valence-electron chi connectivity index (χ2n) is 4.99. The molecule has 3 heteroatoms. The zero-order valence-electron chi connectivity index (χ0n) is 9.92. The van der Waals surface area contributed by atoms with Crippen molar-refractivity contribution in [2.45, 2.75) is 44.9 Å². The van der Waals surface area contributed by atoms with Gasteiger partial charge in [-0.15, -0.1) is 0 Å². The summed E-state index contributed by atoms with van der Waals surface area (Å²) in [7, 11) is 0. The second kappa shape index (κ2) is 4.13. The van der Waals surface area contributed by atoms with E-state index in [2.05, 4.69) is 12.2 Å². The monoisotopic (exact) mass is 217 g/mol. The molecule has 16 heavy (non-hydrogen) atoms. The van der Waals surface area contributed by atoms with Crippen LogP contribution in [0.3, 0.4) is 0 Å². The highest BCUT2D eigenvalue weighted by atomic mass is 15.0. The fraction of sp³-hybridized carbons (Fsp3) is 0.692. The Bertz CT molecular complexity index is 394. The topological polar surface area (TPSA) is 37.8 Å². The second-order valence-corrected chi connectivity index (χ2v) is 4.99. The van der Waals surface area contributed by atoms with Crippen molar-refractivity contribution in [3.8, 4) is 0 Å². The fourth-order valence-electron chi connectivity index (χ4n) is 2.86. The maximum absolute atomic E-state index is 4.80. The minimum absolute atomic E-state index is 0.547. The number of fused-ring (bicyclic) bond motifs is 1. The summed E-state index contributed by atoms with van der Waals surface area (Å²) < 4.78 is 0. The highest BCUT2D eigenvalue weighted by molar-refractivity contribution is 5.28. The van der Waals surface area contributed by atoms with Crippen molar-refractivity contribution in [3.05, 3.63) is 22.8 Å². The highest BCUT2D eigenvalue weighted by Crippen LogP contribution is 2.25. The molecule has 86 valence electrons. The molecule has 0 aromatic carbocycles. The van der Waals surface area contributed by atoms with Gasteiger partial charge in [0.1, 0.15) is 5.82 Å². The molecule has 1 aromatic rings. The minimum atomic E-state index is 0.547. The van der Waals surface area contributed by atoms with Crippen LogP contribution in [0.5, 0.6) is 0 Å². The average molecular weight is 217 g/mol. The van der Waals surface area contributed by atoms with Crippen molar-refractivity contribution in [2.75, 3.05) is 13.1 Å². The number of aromatic nitrogens is 2. The molecule has 1 atom stereocenters. The third-order valence-corrected chi connectivity index (χ3v) is 3.83.